The lowest BCUT2D eigenvalue weighted by atomic mass is 10.1. The number of rotatable bonds is 5. The zero-order chi connectivity index (χ0) is 18.6. The summed E-state index contributed by atoms with van der Waals surface area (Å²) in [5.41, 5.74) is 0.853. The Morgan fingerprint density at radius 2 is 1.73 bits per heavy atom. The second-order valence-corrected chi connectivity index (χ2v) is 8.00. The molecule has 7 heteroatoms. The van der Waals surface area contributed by atoms with E-state index in [4.69, 9.17) is 4.74 Å². The third kappa shape index (κ3) is 3.73. The Bertz CT molecular complexity index is 886. The van der Waals surface area contributed by atoms with Crippen LogP contribution in [-0.4, -0.2) is 50.9 Å². The quantitative estimate of drug-likeness (QED) is 0.806. The van der Waals surface area contributed by atoms with E-state index in [1.54, 1.807) is 37.4 Å². The molecule has 26 heavy (non-hydrogen) atoms. The van der Waals surface area contributed by atoms with Crippen molar-refractivity contribution in [1.82, 2.24) is 9.21 Å². The number of methoxy groups -OCH3 is 1. The summed E-state index contributed by atoms with van der Waals surface area (Å²) in [4.78, 5) is 2.31. The third-order valence-electron chi connectivity index (χ3n) is 4.55. The van der Waals surface area contributed by atoms with E-state index in [9.17, 15) is 13.7 Å². The van der Waals surface area contributed by atoms with Gasteiger partial charge in [-0.25, -0.2) is 8.42 Å². The van der Waals surface area contributed by atoms with Gasteiger partial charge in [-0.2, -0.15) is 9.57 Å². The molecule has 2 aromatic rings. The van der Waals surface area contributed by atoms with Crippen molar-refractivity contribution in [2.45, 2.75) is 10.9 Å². The van der Waals surface area contributed by atoms with Crippen molar-refractivity contribution >= 4 is 10.0 Å². The van der Waals surface area contributed by atoms with Gasteiger partial charge in [0.1, 0.15) is 11.8 Å². The van der Waals surface area contributed by atoms with Crippen LogP contribution in [0, 0.1) is 11.3 Å². The van der Waals surface area contributed by atoms with Crippen molar-refractivity contribution in [1.29, 1.82) is 5.26 Å². The van der Waals surface area contributed by atoms with Gasteiger partial charge < -0.3 is 4.74 Å². The third-order valence-corrected chi connectivity index (χ3v) is 6.46. The molecule has 0 saturated carbocycles. The molecule has 0 aromatic heterocycles. The summed E-state index contributed by atoms with van der Waals surface area (Å²) >= 11 is 0. The fourth-order valence-electron chi connectivity index (χ4n) is 3.12. The number of hydrogen-bond acceptors (Lipinski definition) is 5. The Morgan fingerprint density at radius 1 is 1.04 bits per heavy atom. The van der Waals surface area contributed by atoms with Gasteiger partial charge in [-0.15, -0.1) is 0 Å². The molecule has 3 rings (SSSR count). The van der Waals surface area contributed by atoms with E-state index >= 15 is 0 Å². The van der Waals surface area contributed by atoms with E-state index in [1.807, 2.05) is 29.2 Å². The Balaban J connectivity index is 1.72. The van der Waals surface area contributed by atoms with Crippen LogP contribution in [0.3, 0.4) is 0 Å². The predicted molar refractivity (Wildman–Crippen MR) is 98.1 cm³/mol. The number of ether oxygens (including phenoxy) is 1. The highest BCUT2D eigenvalue weighted by atomic mass is 32.2. The number of piperazine rings is 1. The highest BCUT2D eigenvalue weighted by molar-refractivity contribution is 7.89. The molecule has 1 saturated heterocycles. The van der Waals surface area contributed by atoms with Gasteiger partial charge in [0.05, 0.1) is 18.1 Å². The lowest BCUT2D eigenvalue weighted by molar-refractivity contribution is 0.162. The molecule has 1 aliphatic heterocycles. The predicted octanol–water partition coefficient (Wildman–Crippen LogP) is 2.27. The van der Waals surface area contributed by atoms with Crippen LogP contribution in [0.2, 0.25) is 0 Å². The lowest BCUT2D eigenvalue weighted by Crippen LogP contribution is -2.49. The van der Waals surface area contributed by atoms with Crippen molar-refractivity contribution in [2.24, 2.45) is 0 Å². The second-order valence-electron chi connectivity index (χ2n) is 6.06. The molecule has 0 spiro atoms. The normalized spacial score (nSPS) is 17.4. The molecule has 1 atom stereocenters. The summed E-state index contributed by atoms with van der Waals surface area (Å²) < 4.78 is 32.1. The highest BCUT2D eigenvalue weighted by Gasteiger charge is 2.31. The second kappa shape index (κ2) is 7.87. The number of nitriles is 1. The largest absolute Gasteiger partial charge is 0.497 e. The molecule has 0 N–H and O–H groups in total. The average Bonchev–Trinajstić information content (AvgIpc) is 2.70. The molecule has 1 aliphatic rings. The fourth-order valence-corrected chi connectivity index (χ4v) is 4.57. The molecular formula is C19H21N3O3S. The zero-order valence-electron chi connectivity index (χ0n) is 14.6. The average molecular weight is 371 g/mol. The maximum atomic E-state index is 12.7. The monoisotopic (exact) mass is 371 g/mol. The maximum absolute atomic E-state index is 12.7. The molecule has 136 valence electrons. The first-order valence-electron chi connectivity index (χ1n) is 8.39. The van der Waals surface area contributed by atoms with Crippen molar-refractivity contribution in [2.75, 3.05) is 33.3 Å². The van der Waals surface area contributed by atoms with Crippen molar-refractivity contribution in [3.63, 3.8) is 0 Å². The Hall–Kier alpha value is -2.40. The molecule has 0 amide bonds. The fraction of sp³-hybridized carbons (Fsp3) is 0.316. The molecule has 2 aromatic carbocycles. The molecule has 0 bridgehead atoms. The van der Waals surface area contributed by atoms with E-state index in [-0.39, 0.29) is 0 Å². The molecule has 1 heterocycles. The minimum atomic E-state index is -3.49. The van der Waals surface area contributed by atoms with Crippen LogP contribution in [0.25, 0.3) is 0 Å². The van der Waals surface area contributed by atoms with Gasteiger partial charge in [-0.05, 0) is 29.8 Å². The van der Waals surface area contributed by atoms with Gasteiger partial charge in [-0.1, -0.05) is 30.3 Å². The molecule has 0 aliphatic carbocycles. The van der Waals surface area contributed by atoms with E-state index in [0.717, 1.165) is 5.56 Å². The number of sulfonamides is 1. The first-order chi connectivity index (χ1) is 12.6. The molecule has 1 unspecified atom stereocenters. The molecule has 6 nitrogen and oxygen atoms in total. The van der Waals surface area contributed by atoms with Gasteiger partial charge in [0, 0.05) is 26.2 Å². The van der Waals surface area contributed by atoms with Crippen LogP contribution in [0.1, 0.15) is 11.6 Å². The summed E-state index contributed by atoms with van der Waals surface area (Å²) in [5.74, 6) is 0.702. The first-order valence-corrected chi connectivity index (χ1v) is 9.83. The van der Waals surface area contributed by atoms with Crippen molar-refractivity contribution < 1.29 is 13.2 Å². The van der Waals surface area contributed by atoms with Crippen molar-refractivity contribution in [3.05, 3.63) is 60.2 Å². The summed E-state index contributed by atoms with van der Waals surface area (Å²) in [7, 11) is -1.90. The molecule has 0 radical (unpaired) electrons. The SMILES string of the molecule is COc1cccc(C(C#N)N2CCN(S(=O)(=O)c3ccccc3)CC2)c1. The Kier molecular flexibility index (Phi) is 5.57. The van der Waals surface area contributed by atoms with Gasteiger partial charge in [0.2, 0.25) is 10.0 Å². The van der Waals surface area contributed by atoms with Gasteiger partial charge >= 0.3 is 0 Å². The highest BCUT2D eigenvalue weighted by Crippen LogP contribution is 2.26. The summed E-state index contributed by atoms with van der Waals surface area (Å²) in [6, 6.07) is 17.8. The van der Waals surface area contributed by atoms with E-state index < -0.39 is 16.1 Å². The van der Waals surface area contributed by atoms with Gasteiger partial charge in [0.15, 0.2) is 0 Å². The Morgan fingerprint density at radius 3 is 2.35 bits per heavy atom. The van der Waals surface area contributed by atoms with Crippen LogP contribution < -0.4 is 4.74 Å². The van der Waals surface area contributed by atoms with Crippen LogP contribution in [-0.2, 0) is 10.0 Å². The topological polar surface area (TPSA) is 73.6 Å². The first kappa shape index (κ1) is 18.4. The van der Waals surface area contributed by atoms with Crippen LogP contribution in [0.15, 0.2) is 59.5 Å². The maximum Gasteiger partial charge on any atom is 0.243 e. The standard InChI is InChI=1S/C19H21N3O3S/c1-25-17-7-5-6-16(14-17)19(15-20)21-10-12-22(13-11-21)26(23,24)18-8-3-2-4-9-18/h2-9,14,19H,10-13H2,1H3. The van der Waals surface area contributed by atoms with Gasteiger partial charge in [-0.3, -0.25) is 4.90 Å². The lowest BCUT2D eigenvalue weighted by Gasteiger charge is -2.36. The van der Waals surface area contributed by atoms with Crippen LogP contribution >= 0.6 is 0 Å². The van der Waals surface area contributed by atoms with E-state index in [0.29, 0.717) is 36.8 Å². The molecule has 1 fully saturated rings. The number of hydrogen-bond donors (Lipinski definition) is 0. The van der Waals surface area contributed by atoms with Crippen LogP contribution in [0.5, 0.6) is 5.75 Å². The van der Waals surface area contributed by atoms with Crippen LogP contribution in [0.4, 0.5) is 0 Å². The molecular weight excluding hydrogens is 350 g/mol. The van der Waals surface area contributed by atoms with E-state index in [2.05, 4.69) is 6.07 Å². The smallest absolute Gasteiger partial charge is 0.243 e. The van der Waals surface area contributed by atoms with E-state index in [1.165, 1.54) is 4.31 Å². The Labute approximate surface area is 154 Å². The zero-order valence-corrected chi connectivity index (χ0v) is 15.4. The van der Waals surface area contributed by atoms with Crippen molar-refractivity contribution in [3.8, 4) is 11.8 Å². The van der Waals surface area contributed by atoms with Gasteiger partial charge in [0.25, 0.3) is 0 Å². The minimum absolute atomic E-state index is 0.304. The summed E-state index contributed by atoms with van der Waals surface area (Å²) in [5, 5.41) is 9.63. The number of benzene rings is 2. The summed E-state index contributed by atoms with van der Waals surface area (Å²) in [6.45, 7) is 1.72. The minimum Gasteiger partial charge on any atom is -0.497 e. The summed E-state index contributed by atoms with van der Waals surface area (Å²) in [6.07, 6.45) is 0. The number of nitrogens with zero attached hydrogens (tertiary/aromatic N) is 3.